The van der Waals surface area contributed by atoms with Gasteiger partial charge in [0.05, 0.1) is 5.56 Å². The first kappa shape index (κ1) is 16.1. The van der Waals surface area contributed by atoms with E-state index in [4.69, 9.17) is 5.73 Å². The molecule has 0 spiro atoms. The highest BCUT2D eigenvalue weighted by atomic mass is 19.1. The van der Waals surface area contributed by atoms with Crippen molar-refractivity contribution in [2.24, 2.45) is 0 Å². The molecule has 1 fully saturated rings. The minimum Gasteiger partial charge on any atom is -0.383 e. The predicted octanol–water partition coefficient (Wildman–Crippen LogP) is 1.64. The van der Waals surface area contributed by atoms with Crippen LogP contribution in [0.4, 0.5) is 16.0 Å². The Kier molecular flexibility index (Phi) is 4.52. The average Bonchev–Trinajstić information content (AvgIpc) is 2.61. The molecule has 24 heavy (non-hydrogen) atoms. The van der Waals surface area contributed by atoms with Crippen molar-refractivity contribution in [1.29, 1.82) is 0 Å². The Balaban J connectivity index is 2.05. The number of aromatic nitrogens is 2. The van der Waals surface area contributed by atoms with Crippen molar-refractivity contribution < 1.29 is 9.18 Å². The van der Waals surface area contributed by atoms with Crippen molar-refractivity contribution in [3.8, 4) is 0 Å². The first-order chi connectivity index (χ1) is 11.6. The fourth-order valence-corrected chi connectivity index (χ4v) is 2.65. The van der Waals surface area contributed by atoms with Crippen molar-refractivity contribution in [2.75, 3.05) is 36.8 Å². The van der Waals surface area contributed by atoms with E-state index in [0.717, 1.165) is 26.2 Å². The Hall–Kier alpha value is -2.80. The van der Waals surface area contributed by atoms with Gasteiger partial charge >= 0.3 is 0 Å². The van der Waals surface area contributed by atoms with Gasteiger partial charge in [-0.25, -0.2) is 14.4 Å². The maximum Gasteiger partial charge on any atom is 0.215 e. The monoisotopic (exact) mass is 327 g/mol. The van der Waals surface area contributed by atoms with Gasteiger partial charge in [0.25, 0.3) is 0 Å². The van der Waals surface area contributed by atoms with E-state index in [1.54, 1.807) is 18.2 Å². The van der Waals surface area contributed by atoms with Crippen LogP contribution >= 0.6 is 0 Å². The zero-order chi connectivity index (χ0) is 17.1. The third-order valence-corrected chi connectivity index (χ3v) is 3.91. The molecule has 3 N–H and O–H groups in total. The van der Waals surface area contributed by atoms with Gasteiger partial charge in [-0.3, -0.25) is 4.79 Å². The molecule has 0 saturated carbocycles. The number of hydrogen-bond donors (Lipinski definition) is 2. The second-order valence-electron chi connectivity index (χ2n) is 5.47. The van der Waals surface area contributed by atoms with Crippen LogP contribution in [0.25, 0.3) is 5.83 Å². The van der Waals surface area contributed by atoms with Gasteiger partial charge in [0.1, 0.15) is 23.2 Å². The first-order valence-corrected chi connectivity index (χ1v) is 7.64. The topological polar surface area (TPSA) is 84.1 Å². The molecule has 0 amide bonds. The molecule has 1 aliphatic heterocycles. The van der Waals surface area contributed by atoms with Gasteiger partial charge in [-0.1, -0.05) is 6.58 Å². The highest BCUT2D eigenvalue weighted by molar-refractivity contribution is 6.12. The Labute approximate surface area is 139 Å². The number of nitrogens with zero attached hydrogens (tertiary/aromatic N) is 3. The molecule has 0 aliphatic carbocycles. The Morgan fingerprint density at radius 2 is 2.00 bits per heavy atom. The lowest BCUT2D eigenvalue weighted by molar-refractivity contribution is 0.103. The molecular formula is C17H18FN5O. The molecule has 0 radical (unpaired) electrons. The summed E-state index contributed by atoms with van der Waals surface area (Å²) in [4.78, 5) is 23.2. The van der Waals surface area contributed by atoms with Crippen molar-refractivity contribution in [3.63, 3.8) is 0 Å². The maximum atomic E-state index is 13.8. The lowest BCUT2D eigenvalue weighted by Crippen LogP contribution is -2.44. The fourth-order valence-electron chi connectivity index (χ4n) is 2.65. The summed E-state index contributed by atoms with van der Waals surface area (Å²) < 4.78 is 13.8. The number of carbonyl (C=O) groups is 1. The zero-order valence-corrected chi connectivity index (χ0v) is 13.1. The molecule has 7 heteroatoms. The Morgan fingerprint density at radius 3 is 2.67 bits per heavy atom. The standard InChI is InChI=1S/C17H18FN5O/c1-11(18)12-4-5-14(23-9-7-20-8-10-23)22-15(12)16(24)13-3-2-6-21-17(13)19/h2-6,20H,1,7-10H2,(H2,19,21). The first-order valence-electron chi connectivity index (χ1n) is 7.64. The van der Waals surface area contributed by atoms with E-state index < -0.39 is 11.6 Å². The number of piperazine rings is 1. The van der Waals surface area contributed by atoms with Crippen molar-refractivity contribution >= 4 is 23.2 Å². The number of nitrogens with two attached hydrogens (primary N) is 1. The quantitative estimate of drug-likeness (QED) is 0.831. The number of anilines is 2. The van der Waals surface area contributed by atoms with Gasteiger partial charge in [-0.05, 0) is 24.3 Å². The van der Waals surface area contributed by atoms with Gasteiger partial charge in [0.15, 0.2) is 0 Å². The third-order valence-electron chi connectivity index (χ3n) is 3.91. The van der Waals surface area contributed by atoms with Crippen LogP contribution in [-0.2, 0) is 0 Å². The van der Waals surface area contributed by atoms with Crippen LogP contribution in [0, 0.1) is 0 Å². The molecule has 2 aromatic rings. The summed E-state index contributed by atoms with van der Waals surface area (Å²) in [5.74, 6) is -0.453. The Morgan fingerprint density at radius 1 is 1.25 bits per heavy atom. The smallest absolute Gasteiger partial charge is 0.215 e. The molecular weight excluding hydrogens is 309 g/mol. The lowest BCUT2D eigenvalue weighted by atomic mass is 10.0. The summed E-state index contributed by atoms with van der Waals surface area (Å²) in [6.45, 7) is 6.50. The summed E-state index contributed by atoms with van der Waals surface area (Å²) in [6, 6.07) is 6.39. The molecule has 3 rings (SSSR count). The van der Waals surface area contributed by atoms with E-state index >= 15 is 0 Å². The molecule has 1 saturated heterocycles. The fraction of sp³-hybridized carbons (Fsp3) is 0.235. The van der Waals surface area contributed by atoms with Gasteiger partial charge < -0.3 is 16.0 Å². The van der Waals surface area contributed by atoms with Gasteiger partial charge in [-0.2, -0.15) is 0 Å². The number of nitrogens with one attached hydrogen (secondary N) is 1. The molecule has 0 bridgehead atoms. The second-order valence-corrected chi connectivity index (χ2v) is 5.47. The van der Waals surface area contributed by atoms with Crippen LogP contribution in [0.5, 0.6) is 0 Å². The van der Waals surface area contributed by atoms with Crippen LogP contribution in [0.15, 0.2) is 37.0 Å². The molecule has 0 unspecified atom stereocenters. The number of rotatable bonds is 4. The minimum atomic E-state index is -0.708. The average molecular weight is 327 g/mol. The molecule has 124 valence electrons. The van der Waals surface area contributed by atoms with E-state index in [-0.39, 0.29) is 22.6 Å². The lowest BCUT2D eigenvalue weighted by Gasteiger charge is -2.28. The minimum absolute atomic E-state index is 0.00164. The maximum absolute atomic E-state index is 13.8. The highest BCUT2D eigenvalue weighted by Gasteiger charge is 2.22. The van der Waals surface area contributed by atoms with Gasteiger partial charge in [0.2, 0.25) is 5.78 Å². The molecule has 1 aliphatic rings. The van der Waals surface area contributed by atoms with Crippen LogP contribution in [0.2, 0.25) is 0 Å². The van der Waals surface area contributed by atoms with Gasteiger partial charge in [-0.15, -0.1) is 0 Å². The van der Waals surface area contributed by atoms with Crippen LogP contribution in [0.1, 0.15) is 21.6 Å². The number of pyridine rings is 2. The Bertz CT molecular complexity index is 786. The van der Waals surface area contributed by atoms with E-state index in [9.17, 15) is 9.18 Å². The summed E-state index contributed by atoms with van der Waals surface area (Å²) >= 11 is 0. The number of halogens is 1. The summed E-state index contributed by atoms with van der Waals surface area (Å²) in [5.41, 5.74) is 6.04. The molecule has 2 aromatic heterocycles. The molecule has 0 atom stereocenters. The largest absolute Gasteiger partial charge is 0.383 e. The predicted molar refractivity (Wildman–Crippen MR) is 91.5 cm³/mol. The summed E-state index contributed by atoms with van der Waals surface area (Å²) in [5, 5.41) is 3.25. The number of ketones is 1. The van der Waals surface area contributed by atoms with E-state index in [2.05, 4.69) is 21.9 Å². The second kappa shape index (κ2) is 6.76. The van der Waals surface area contributed by atoms with Crippen LogP contribution in [0.3, 0.4) is 0 Å². The number of carbonyl (C=O) groups excluding carboxylic acids is 1. The molecule has 6 nitrogen and oxygen atoms in total. The van der Waals surface area contributed by atoms with E-state index in [1.807, 2.05) is 4.90 Å². The van der Waals surface area contributed by atoms with E-state index in [0.29, 0.717) is 5.82 Å². The molecule has 0 aromatic carbocycles. The van der Waals surface area contributed by atoms with Crippen LogP contribution in [-0.4, -0.2) is 41.9 Å². The third kappa shape index (κ3) is 3.11. The molecule has 3 heterocycles. The summed E-state index contributed by atoms with van der Waals surface area (Å²) in [7, 11) is 0. The van der Waals surface area contributed by atoms with E-state index in [1.165, 1.54) is 12.3 Å². The van der Waals surface area contributed by atoms with Crippen molar-refractivity contribution in [2.45, 2.75) is 0 Å². The number of nitrogen functional groups attached to an aromatic ring is 1. The van der Waals surface area contributed by atoms with Gasteiger partial charge in [0, 0.05) is 37.9 Å². The highest BCUT2D eigenvalue weighted by Crippen LogP contribution is 2.25. The number of hydrogen-bond acceptors (Lipinski definition) is 6. The zero-order valence-electron chi connectivity index (χ0n) is 13.1. The van der Waals surface area contributed by atoms with Crippen LogP contribution < -0.4 is 16.0 Å². The summed E-state index contributed by atoms with van der Waals surface area (Å²) in [6.07, 6.45) is 1.49. The van der Waals surface area contributed by atoms with Crippen molar-refractivity contribution in [1.82, 2.24) is 15.3 Å². The van der Waals surface area contributed by atoms with Crippen molar-refractivity contribution in [3.05, 3.63) is 53.9 Å². The normalized spacial score (nSPS) is 14.5. The SMILES string of the molecule is C=C(F)c1ccc(N2CCNCC2)nc1C(=O)c1cccnc1N.